The summed E-state index contributed by atoms with van der Waals surface area (Å²) < 4.78 is 11.1. The van der Waals surface area contributed by atoms with Gasteiger partial charge in [-0.05, 0) is 191 Å². The summed E-state index contributed by atoms with van der Waals surface area (Å²) in [7, 11) is 0. The Morgan fingerprint density at radius 2 is 0.783 bits per heavy atom. The van der Waals surface area contributed by atoms with Crippen molar-refractivity contribution in [3.8, 4) is 5.75 Å². The SMILES string of the molecule is C1=NC2CCCCC2C1.C1=NC2CCCCC2N1.C1=NC2NCCCC2N1.C1CCC2NCCCC2C1.CC.CC.CC.CC.CC.CC.CC.CC.CC(C)C.CC(C)C.CC(C)C.CC(C)C.CC(C)C.CC(C)C.CC(C)C.CC(C)C.c1cc2n(n1)CCNC2.c1cc2n(n1)CNC2.c1ccc2c(c1)CCO2.c1ccn2nccc2c1. The molecular weight excluding hydrogens is 1480 g/mol. The molecule has 1 aromatic carbocycles. The number of fused-ring (bicyclic) bond motifs is 8. The third kappa shape index (κ3) is 82.2. The number of hydrogen-bond acceptors (Lipinski definition) is 13. The van der Waals surface area contributed by atoms with Gasteiger partial charge in [0, 0.05) is 62.9 Å². The number of aliphatic imine (C=N–C) groups is 3. The number of pyridine rings is 1. The van der Waals surface area contributed by atoms with Crippen molar-refractivity contribution in [2.45, 2.75) is 455 Å². The van der Waals surface area contributed by atoms with Crippen molar-refractivity contribution in [2.75, 3.05) is 26.2 Å². The monoisotopic (exact) mass is 1690 g/mol. The molecule has 8 aliphatic heterocycles. The minimum absolute atomic E-state index is 0.374. The molecule has 708 valence electrons. The minimum atomic E-state index is 0.374. The number of piperidine rings is 2. The Morgan fingerprint density at radius 3 is 1.27 bits per heavy atom. The van der Waals surface area contributed by atoms with Gasteiger partial charge in [-0.3, -0.25) is 35.0 Å². The third-order valence-corrected chi connectivity index (χ3v) is 15.8. The first-order valence-corrected chi connectivity index (χ1v) is 49.6. The maximum absolute atomic E-state index is 5.30. The lowest BCUT2D eigenvalue weighted by atomic mass is 9.80. The molecule has 8 unspecified atom stereocenters. The molecule has 2 saturated heterocycles. The first-order valence-electron chi connectivity index (χ1n) is 49.6. The topological polar surface area (TPSA) is 171 Å². The normalized spacial score (nSPS) is 19.5. The molecule has 16 rings (SSSR count). The van der Waals surface area contributed by atoms with E-state index in [9.17, 15) is 0 Å². The van der Waals surface area contributed by atoms with Crippen molar-refractivity contribution in [2.24, 2.45) is 74.2 Å². The molecule has 5 fully saturated rings. The summed E-state index contributed by atoms with van der Waals surface area (Å²) in [5.74, 6) is 9.72. The highest BCUT2D eigenvalue weighted by atomic mass is 16.5. The quantitative estimate of drug-likeness (QED) is 0.0877. The minimum Gasteiger partial charge on any atom is -0.493 e. The Bertz CT molecular complexity index is 2540. The van der Waals surface area contributed by atoms with Gasteiger partial charge in [-0.25, -0.2) is 4.52 Å². The van der Waals surface area contributed by atoms with Gasteiger partial charge >= 0.3 is 0 Å². The lowest BCUT2D eigenvalue weighted by Gasteiger charge is -2.36. The first-order chi connectivity index (χ1) is 57.6. The second-order valence-electron chi connectivity index (χ2n) is 34.5. The van der Waals surface area contributed by atoms with E-state index in [1.54, 1.807) is 6.20 Å². The highest BCUT2D eigenvalue weighted by molar-refractivity contribution is 5.61. The fraction of sp³-hybridized carbons (Fsp3) is 0.788. The molecule has 120 heavy (non-hydrogen) atoms. The summed E-state index contributed by atoms with van der Waals surface area (Å²) in [5.41, 5.74) is 5.06. The first kappa shape index (κ1) is 130. The van der Waals surface area contributed by atoms with E-state index < -0.39 is 0 Å². The van der Waals surface area contributed by atoms with E-state index in [-0.39, 0.29) is 0 Å². The number of rotatable bonds is 0. The summed E-state index contributed by atoms with van der Waals surface area (Å²) >= 11 is 0. The zero-order valence-corrected chi connectivity index (χ0v) is 87.4. The standard InChI is InChI=1S/C9H17N.C8H13N.C8H8O.C7H6N2.C7H12N2.C6H9N3.C6H11N3.C5H7N3.8C4H10.8C2H6/c1-2-6-9-8(4-1)5-3-7-10-9;2*1-2-4-8-7(3-1)5-6-9-8;1-2-6-9-7(3-1)4-5-8-9;1-2-4-7-6(3-1)8-5-9-7;1-2-8-9-4-3-7-5-6(1)9;1-2-5-6(7-3-1)9-4-8-5;1-2-7-8-4-6-3-5(1)8;8*1-4(2)3;8*1-2/h8-10H,1-7H2;6-8H,1-5H2;1-4H,5-6H2;1-6H;5-7H,1-4H2,(H,8,9);1-2,7H,3-5H2;4-7H,1-3H2,(H,8,9);1-2,6H,3-4H2;8*4H,1-3H3;8*1-2H3. The highest BCUT2D eigenvalue weighted by Crippen LogP contribution is 2.32. The molecule has 8 atom stereocenters. The molecule has 0 radical (unpaired) electrons. The van der Waals surface area contributed by atoms with Crippen LogP contribution in [-0.2, 0) is 32.7 Å². The number of hydrogen-bond donors (Lipinski definition) is 6. The van der Waals surface area contributed by atoms with Gasteiger partial charge in [0.25, 0.3) is 0 Å². The molecular formula is C104H211N15O. The predicted molar refractivity (Wildman–Crippen MR) is 545 cm³/mol. The van der Waals surface area contributed by atoms with Gasteiger partial charge in [0.15, 0.2) is 0 Å². The fourth-order valence-electron chi connectivity index (χ4n) is 11.6. The zero-order chi connectivity index (χ0) is 93.5. The van der Waals surface area contributed by atoms with Gasteiger partial charge in [0.05, 0.1) is 67.5 Å². The smallest absolute Gasteiger partial charge is 0.122 e. The molecule has 11 aliphatic rings. The molecule has 3 saturated carbocycles. The number of benzene rings is 1. The Balaban J connectivity index is -0.000000186. The van der Waals surface area contributed by atoms with Crippen LogP contribution in [0.15, 0.2) is 100 Å². The van der Waals surface area contributed by atoms with Crippen molar-refractivity contribution in [3.63, 3.8) is 0 Å². The van der Waals surface area contributed by atoms with Crippen LogP contribution in [0.4, 0.5) is 0 Å². The van der Waals surface area contributed by atoms with Crippen LogP contribution in [0.3, 0.4) is 0 Å². The predicted octanol–water partition coefficient (Wildman–Crippen LogP) is 29.0. The fourth-order valence-corrected chi connectivity index (χ4v) is 11.6. The average Bonchev–Trinajstić information content (AvgIpc) is 1.05. The van der Waals surface area contributed by atoms with E-state index in [1.165, 1.54) is 133 Å². The number of ether oxygens (including phenoxy) is 1. The average molecular weight is 1690 g/mol. The van der Waals surface area contributed by atoms with Crippen molar-refractivity contribution in [3.05, 3.63) is 102 Å². The molecule has 6 N–H and O–H groups in total. The molecule has 0 bridgehead atoms. The molecule has 0 amide bonds. The number of nitrogens with one attached hydrogen (secondary N) is 6. The summed E-state index contributed by atoms with van der Waals surface area (Å²) in [6, 6.07) is 23.7. The molecule has 0 spiro atoms. The van der Waals surface area contributed by atoms with Crippen molar-refractivity contribution >= 4 is 24.4 Å². The number of aromatic nitrogens is 6. The molecule has 4 aromatic heterocycles. The zero-order valence-electron chi connectivity index (χ0n) is 87.4. The van der Waals surface area contributed by atoms with E-state index in [1.807, 2.05) is 211 Å². The van der Waals surface area contributed by atoms with Gasteiger partial charge in [-0.15, -0.1) is 0 Å². The maximum atomic E-state index is 5.30. The van der Waals surface area contributed by atoms with E-state index in [2.05, 4.69) is 241 Å². The van der Waals surface area contributed by atoms with Gasteiger partial charge < -0.3 is 26.0 Å². The lowest BCUT2D eigenvalue weighted by Crippen LogP contribution is -2.45. The van der Waals surface area contributed by atoms with Crippen LogP contribution < -0.4 is 36.6 Å². The van der Waals surface area contributed by atoms with Crippen LogP contribution in [0.1, 0.15) is 403 Å². The van der Waals surface area contributed by atoms with Crippen LogP contribution in [0.5, 0.6) is 5.75 Å². The molecule has 12 heterocycles. The summed E-state index contributed by atoms with van der Waals surface area (Å²) in [6.45, 7) is 92.2. The maximum Gasteiger partial charge on any atom is 0.122 e. The summed E-state index contributed by atoms with van der Waals surface area (Å²) in [5, 5.41) is 32.1. The van der Waals surface area contributed by atoms with Gasteiger partial charge in [-0.1, -0.05) is 340 Å². The molecule has 16 nitrogen and oxygen atoms in total. The molecule has 3 aliphatic carbocycles. The van der Waals surface area contributed by atoms with Crippen LogP contribution in [0.25, 0.3) is 5.52 Å². The Morgan fingerprint density at radius 1 is 0.367 bits per heavy atom. The lowest BCUT2D eigenvalue weighted by molar-refractivity contribution is 0.212. The van der Waals surface area contributed by atoms with Crippen LogP contribution >= 0.6 is 0 Å². The van der Waals surface area contributed by atoms with Crippen molar-refractivity contribution in [1.82, 2.24) is 61.1 Å². The second-order valence-corrected chi connectivity index (χ2v) is 34.5. The Kier molecular flexibility index (Phi) is 104. The largest absolute Gasteiger partial charge is 0.493 e. The van der Waals surface area contributed by atoms with Gasteiger partial charge in [-0.2, -0.15) is 15.3 Å². The molecule has 5 aromatic rings. The number of para-hydroxylation sites is 1. The van der Waals surface area contributed by atoms with E-state index in [0.29, 0.717) is 24.3 Å². The van der Waals surface area contributed by atoms with Crippen molar-refractivity contribution < 1.29 is 4.74 Å². The van der Waals surface area contributed by atoms with Crippen molar-refractivity contribution in [1.29, 1.82) is 0 Å². The van der Waals surface area contributed by atoms with E-state index in [4.69, 9.17) is 4.74 Å². The van der Waals surface area contributed by atoms with Crippen LogP contribution in [-0.4, -0.2) is 111 Å². The summed E-state index contributed by atoms with van der Waals surface area (Å²) in [4.78, 5) is 13.0. The van der Waals surface area contributed by atoms with E-state index >= 15 is 0 Å². The van der Waals surface area contributed by atoms with Gasteiger partial charge in [0.2, 0.25) is 0 Å². The molecule has 16 heteroatoms. The van der Waals surface area contributed by atoms with Crippen LogP contribution in [0, 0.1) is 59.2 Å². The van der Waals surface area contributed by atoms with Crippen LogP contribution in [0.2, 0.25) is 0 Å². The van der Waals surface area contributed by atoms with Gasteiger partial charge in [0.1, 0.15) is 11.9 Å². The van der Waals surface area contributed by atoms with E-state index in [0.717, 1.165) is 135 Å². The number of nitrogens with zero attached hydrogens (tertiary/aromatic N) is 9. The Hall–Kier alpha value is -5.42. The second kappa shape index (κ2) is 95.8. The highest BCUT2D eigenvalue weighted by Gasteiger charge is 2.29. The summed E-state index contributed by atoms with van der Waals surface area (Å²) in [6.07, 6.45) is 38.3. The Labute approximate surface area is 749 Å². The third-order valence-electron chi connectivity index (χ3n) is 15.8.